The van der Waals surface area contributed by atoms with Gasteiger partial charge in [0, 0.05) is 18.6 Å². The summed E-state index contributed by atoms with van der Waals surface area (Å²) in [6.07, 6.45) is 7.29. The lowest BCUT2D eigenvalue weighted by Crippen LogP contribution is -2.50. The molecule has 2 amide bonds. The number of nitrogens with one attached hydrogen (secondary N) is 1. The van der Waals surface area contributed by atoms with E-state index in [4.69, 9.17) is 0 Å². The Bertz CT molecular complexity index is 586. The molecule has 0 spiro atoms. The van der Waals surface area contributed by atoms with Crippen LogP contribution in [0.4, 0.5) is 4.79 Å². The van der Waals surface area contributed by atoms with Gasteiger partial charge in [0.15, 0.2) is 0 Å². The van der Waals surface area contributed by atoms with Crippen LogP contribution in [-0.4, -0.2) is 34.7 Å². The number of phenolic OH excluding ortho intramolecular Hbond substituents is 1. The molecule has 1 aromatic carbocycles. The van der Waals surface area contributed by atoms with Gasteiger partial charge in [0.1, 0.15) is 5.75 Å². The lowest BCUT2D eigenvalue weighted by atomic mass is 9.68. The number of phenols is 1. The number of carbonyl (C=O) groups is 1. The van der Waals surface area contributed by atoms with E-state index < -0.39 is 0 Å². The second kappa shape index (κ2) is 6.30. The predicted octanol–water partition coefficient (Wildman–Crippen LogP) is 3.54. The third-order valence-electron chi connectivity index (χ3n) is 6.22. The molecule has 130 valence electrons. The normalized spacial score (nSPS) is 32.5. The molecule has 4 heteroatoms. The topological polar surface area (TPSA) is 52.6 Å². The summed E-state index contributed by atoms with van der Waals surface area (Å²) in [7, 11) is 0. The van der Waals surface area contributed by atoms with Crippen molar-refractivity contribution in [3.05, 3.63) is 29.8 Å². The Morgan fingerprint density at radius 1 is 1.12 bits per heavy atom. The van der Waals surface area contributed by atoms with Crippen molar-refractivity contribution < 1.29 is 9.90 Å². The summed E-state index contributed by atoms with van der Waals surface area (Å²) in [5.74, 6) is 2.73. The molecule has 4 aliphatic rings. The number of urea groups is 1. The van der Waals surface area contributed by atoms with Crippen LogP contribution in [0, 0.1) is 17.8 Å². The zero-order valence-corrected chi connectivity index (χ0v) is 14.4. The maximum absolute atomic E-state index is 12.8. The molecule has 2 aliphatic heterocycles. The minimum absolute atomic E-state index is 0.0969. The summed E-state index contributed by atoms with van der Waals surface area (Å²) in [6.45, 7) is 3.02. The first kappa shape index (κ1) is 15.8. The number of amides is 2. The molecule has 24 heavy (non-hydrogen) atoms. The summed E-state index contributed by atoms with van der Waals surface area (Å²) < 4.78 is 0. The highest BCUT2D eigenvalue weighted by atomic mass is 16.3. The van der Waals surface area contributed by atoms with Crippen molar-refractivity contribution in [1.29, 1.82) is 0 Å². The summed E-state index contributed by atoms with van der Waals surface area (Å²) >= 11 is 0. The van der Waals surface area contributed by atoms with Crippen molar-refractivity contribution in [3.8, 4) is 5.75 Å². The third-order valence-corrected chi connectivity index (χ3v) is 6.22. The summed E-state index contributed by atoms with van der Waals surface area (Å²) in [6, 6.07) is 7.93. The molecule has 2 heterocycles. The second-order valence-corrected chi connectivity index (χ2v) is 8.30. The van der Waals surface area contributed by atoms with Gasteiger partial charge in [-0.25, -0.2) is 4.79 Å². The molecule has 0 radical (unpaired) electrons. The highest BCUT2D eigenvalue weighted by Crippen LogP contribution is 2.47. The lowest BCUT2D eigenvalue weighted by Gasteiger charge is -2.39. The van der Waals surface area contributed by atoms with E-state index in [0.29, 0.717) is 6.04 Å². The number of nitrogens with zero attached hydrogens (tertiary/aromatic N) is 1. The van der Waals surface area contributed by atoms with Crippen LogP contribution in [0.1, 0.15) is 44.6 Å². The Morgan fingerprint density at radius 2 is 1.75 bits per heavy atom. The molecule has 2 saturated heterocycles. The molecule has 0 aromatic heterocycles. The highest BCUT2D eigenvalue weighted by molar-refractivity contribution is 5.75. The van der Waals surface area contributed by atoms with Gasteiger partial charge < -0.3 is 15.3 Å². The van der Waals surface area contributed by atoms with Crippen molar-refractivity contribution >= 4 is 6.03 Å². The zero-order valence-electron chi connectivity index (χ0n) is 14.4. The summed E-state index contributed by atoms with van der Waals surface area (Å²) in [4.78, 5) is 15.0. The molecule has 1 aromatic rings. The molecule has 4 nitrogen and oxygen atoms in total. The number of carbonyl (C=O) groups excluding carboxylic acids is 1. The van der Waals surface area contributed by atoms with Crippen molar-refractivity contribution in [3.63, 3.8) is 0 Å². The van der Waals surface area contributed by atoms with Gasteiger partial charge in [-0.3, -0.25) is 0 Å². The van der Waals surface area contributed by atoms with Gasteiger partial charge in [0.25, 0.3) is 0 Å². The second-order valence-electron chi connectivity index (χ2n) is 8.30. The van der Waals surface area contributed by atoms with Crippen molar-refractivity contribution in [2.24, 2.45) is 17.8 Å². The van der Waals surface area contributed by atoms with E-state index in [1.54, 1.807) is 12.1 Å². The molecule has 4 fully saturated rings. The van der Waals surface area contributed by atoms with E-state index in [0.717, 1.165) is 36.3 Å². The van der Waals surface area contributed by atoms with Gasteiger partial charge in [0.2, 0.25) is 0 Å². The van der Waals surface area contributed by atoms with Crippen molar-refractivity contribution in [2.75, 3.05) is 6.54 Å². The Labute approximate surface area is 144 Å². The van der Waals surface area contributed by atoms with E-state index in [1.807, 2.05) is 12.1 Å². The molecule has 5 atom stereocenters. The Morgan fingerprint density at radius 3 is 2.42 bits per heavy atom. The maximum atomic E-state index is 12.8. The van der Waals surface area contributed by atoms with Gasteiger partial charge in [-0.05, 0) is 80.9 Å². The van der Waals surface area contributed by atoms with Crippen molar-refractivity contribution in [1.82, 2.24) is 10.2 Å². The standard InChI is InChI=1S/C20H28N2O2/c1-13(6-14-2-4-19(23)5-3-14)21-20(24)22-12-17-8-15-7-16(9-17)11-18(22)10-15/h2-5,13,15-18,23H,6-12H2,1H3,(H,21,24)/t13-,15-,16+,17?,18?/m0/s1. The summed E-state index contributed by atoms with van der Waals surface area (Å²) in [5.41, 5.74) is 1.14. The fraction of sp³-hybridized carbons (Fsp3) is 0.650. The van der Waals surface area contributed by atoms with E-state index in [9.17, 15) is 9.90 Å². The first-order valence-corrected chi connectivity index (χ1v) is 9.42. The third kappa shape index (κ3) is 3.24. The van der Waals surface area contributed by atoms with E-state index >= 15 is 0 Å². The number of hydrogen-bond donors (Lipinski definition) is 2. The smallest absolute Gasteiger partial charge is 0.317 e. The predicted molar refractivity (Wildman–Crippen MR) is 93.9 cm³/mol. The van der Waals surface area contributed by atoms with Crippen LogP contribution >= 0.6 is 0 Å². The van der Waals surface area contributed by atoms with Crippen LogP contribution in [0.15, 0.2) is 24.3 Å². The van der Waals surface area contributed by atoms with E-state index in [1.165, 1.54) is 32.1 Å². The quantitative estimate of drug-likeness (QED) is 0.891. The van der Waals surface area contributed by atoms with Gasteiger partial charge in [0.05, 0.1) is 0 Å². The first-order valence-electron chi connectivity index (χ1n) is 9.42. The van der Waals surface area contributed by atoms with Crippen LogP contribution in [0.3, 0.4) is 0 Å². The van der Waals surface area contributed by atoms with Gasteiger partial charge in [-0.1, -0.05) is 12.1 Å². The Hall–Kier alpha value is -1.71. The molecule has 2 unspecified atom stereocenters. The van der Waals surface area contributed by atoms with E-state index in [2.05, 4.69) is 17.1 Å². The van der Waals surface area contributed by atoms with Crippen LogP contribution in [0.2, 0.25) is 0 Å². The number of benzene rings is 1. The first-order chi connectivity index (χ1) is 11.6. The molecule has 4 bridgehead atoms. The van der Waals surface area contributed by atoms with Crippen molar-refractivity contribution in [2.45, 2.75) is 57.5 Å². The number of rotatable bonds is 3. The molecular formula is C20H28N2O2. The number of aromatic hydroxyl groups is 1. The van der Waals surface area contributed by atoms with Crippen LogP contribution in [-0.2, 0) is 6.42 Å². The summed E-state index contributed by atoms with van der Waals surface area (Å²) in [5, 5.41) is 12.6. The zero-order chi connectivity index (χ0) is 16.7. The fourth-order valence-electron chi connectivity index (χ4n) is 5.36. The van der Waals surface area contributed by atoms with Crippen LogP contribution in [0.25, 0.3) is 0 Å². The number of hydrogen-bond acceptors (Lipinski definition) is 2. The average Bonchev–Trinajstić information content (AvgIpc) is 2.73. The van der Waals surface area contributed by atoms with Gasteiger partial charge in [-0.2, -0.15) is 0 Å². The average molecular weight is 328 g/mol. The fourth-order valence-corrected chi connectivity index (χ4v) is 5.36. The van der Waals surface area contributed by atoms with Gasteiger partial charge in [-0.15, -0.1) is 0 Å². The maximum Gasteiger partial charge on any atom is 0.317 e. The minimum Gasteiger partial charge on any atom is -0.508 e. The largest absolute Gasteiger partial charge is 0.508 e. The van der Waals surface area contributed by atoms with Crippen LogP contribution in [0.5, 0.6) is 5.75 Å². The molecular weight excluding hydrogens is 300 g/mol. The Balaban J connectivity index is 1.38. The Kier molecular flexibility index (Phi) is 4.15. The molecule has 2 aliphatic carbocycles. The highest BCUT2D eigenvalue weighted by Gasteiger charge is 2.44. The number of fused-ring (bicyclic) bond motifs is 1. The SMILES string of the molecule is C[C@@H](Cc1ccc(O)cc1)NC(=O)N1CC2C[C@@H]3CC1C[C@H](C2)C3. The molecule has 5 rings (SSSR count). The van der Waals surface area contributed by atoms with Gasteiger partial charge >= 0.3 is 6.03 Å². The molecule has 2 N–H and O–H groups in total. The minimum atomic E-state index is 0.0969. The lowest BCUT2D eigenvalue weighted by molar-refractivity contribution is 0.130. The molecule has 2 saturated carbocycles. The van der Waals surface area contributed by atoms with Crippen LogP contribution < -0.4 is 5.32 Å². The monoisotopic (exact) mass is 328 g/mol. The van der Waals surface area contributed by atoms with E-state index in [-0.39, 0.29) is 17.8 Å².